The summed E-state index contributed by atoms with van der Waals surface area (Å²) in [6.07, 6.45) is 2.41. The van der Waals surface area contributed by atoms with Crippen molar-refractivity contribution < 1.29 is 13.9 Å². The van der Waals surface area contributed by atoms with Gasteiger partial charge in [0.15, 0.2) is 5.58 Å². The van der Waals surface area contributed by atoms with Crippen LogP contribution in [0, 0.1) is 6.92 Å². The monoisotopic (exact) mass is 388 g/mol. The summed E-state index contributed by atoms with van der Waals surface area (Å²) in [5, 5.41) is 3.03. The van der Waals surface area contributed by atoms with Crippen molar-refractivity contribution in [2.24, 2.45) is 0 Å². The van der Waals surface area contributed by atoms with Gasteiger partial charge < -0.3 is 19.0 Å². The number of carbonyl (C=O) groups excluding carboxylic acids is 1. The number of benzene rings is 2. The normalized spacial score (nSPS) is 11.0. The van der Waals surface area contributed by atoms with Crippen molar-refractivity contribution in [2.45, 2.75) is 19.9 Å². The standard InChI is InChI=1S/C24H24N2O3/c1-17-3-5-19(6-4-17)16-26-21-12-14-29-23(21)15-22(26)24(27)25-13-11-18-7-9-20(28-2)10-8-18/h3-10,12,14-15H,11,13,16H2,1-2H3,(H,25,27). The molecule has 0 atom stereocenters. The van der Waals surface area contributed by atoms with Gasteiger partial charge in [-0.3, -0.25) is 4.79 Å². The van der Waals surface area contributed by atoms with Gasteiger partial charge in [-0.05, 0) is 36.6 Å². The van der Waals surface area contributed by atoms with Crippen LogP contribution in [0.4, 0.5) is 0 Å². The van der Waals surface area contributed by atoms with Crippen LogP contribution < -0.4 is 10.1 Å². The molecule has 0 aliphatic carbocycles. The van der Waals surface area contributed by atoms with E-state index in [4.69, 9.17) is 9.15 Å². The van der Waals surface area contributed by atoms with Crippen molar-refractivity contribution in [3.8, 4) is 5.75 Å². The van der Waals surface area contributed by atoms with Crippen LogP contribution >= 0.6 is 0 Å². The van der Waals surface area contributed by atoms with Gasteiger partial charge in [0.2, 0.25) is 0 Å². The van der Waals surface area contributed by atoms with E-state index in [2.05, 4.69) is 36.5 Å². The van der Waals surface area contributed by atoms with Gasteiger partial charge >= 0.3 is 0 Å². The lowest BCUT2D eigenvalue weighted by atomic mass is 10.1. The third kappa shape index (κ3) is 4.19. The molecule has 148 valence electrons. The number of nitrogens with zero attached hydrogens (tertiary/aromatic N) is 1. The zero-order valence-electron chi connectivity index (χ0n) is 16.6. The maximum absolute atomic E-state index is 12.9. The summed E-state index contributed by atoms with van der Waals surface area (Å²) >= 11 is 0. The molecule has 2 aromatic heterocycles. The average Bonchev–Trinajstić information content (AvgIpc) is 3.33. The number of nitrogens with one attached hydrogen (secondary N) is 1. The molecule has 0 unspecified atom stereocenters. The van der Waals surface area contributed by atoms with Crippen molar-refractivity contribution >= 4 is 17.0 Å². The molecule has 0 bridgehead atoms. The van der Waals surface area contributed by atoms with Gasteiger partial charge in [0, 0.05) is 25.2 Å². The number of furan rings is 1. The summed E-state index contributed by atoms with van der Waals surface area (Å²) < 4.78 is 12.7. The van der Waals surface area contributed by atoms with Crippen molar-refractivity contribution in [1.29, 1.82) is 0 Å². The quantitative estimate of drug-likeness (QED) is 0.504. The van der Waals surface area contributed by atoms with E-state index in [0.717, 1.165) is 34.4 Å². The van der Waals surface area contributed by atoms with Crippen LogP contribution in [0.2, 0.25) is 0 Å². The van der Waals surface area contributed by atoms with E-state index in [0.29, 0.717) is 18.8 Å². The highest BCUT2D eigenvalue weighted by Gasteiger charge is 2.17. The molecule has 0 saturated carbocycles. The molecule has 0 saturated heterocycles. The van der Waals surface area contributed by atoms with Gasteiger partial charge in [-0.25, -0.2) is 0 Å². The molecule has 2 aromatic carbocycles. The fraction of sp³-hybridized carbons (Fsp3) is 0.208. The number of hydrogen-bond donors (Lipinski definition) is 1. The lowest BCUT2D eigenvalue weighted by Crippen LogP contribution is -2.28. The minimum Gasteiger partial charge on any atom is -0.497 e. The Kier molecular flexibility index (Phi) is 5.38. The Balaban J connectivity index is 1.48. The number of aromatic nitrogens is 1. The minimum absolute atomic E-state index is 0.1000. The Hall–Kier alpha value is -3.47. The molecule has 0 fully saturated rings. The molecular formula is C24H24N2O3. The van der Waals surface area contributed by atoms with E-state index in [-0.39, 0.29) is 5.91 Å². The van der Waals surface area contributed by atoms with Crippen molar-refractivity contribution in [3.63, 3.8) is 0 Å². The molecule has 0 spiro atoms. The van der Waals surface area contributed by atoms with Crippen LogP contribution in [0.1, 0.15) is 27.2 Å². The first-order valence-corrected chi connectivity index (χ1v) is 9.67. The fourth-order valence-electron chi connectivity index (χ4n) is 3.41. The van der Waals surface area contributed by atoms with Gasteiger partial charge in [-0.1, -0.05) is 42.0 Å². The number of fused-ring (bicyclic) bond motifs is 1. The van der Waals surface area contributed by atoms with Gasteiger partial charge in [0.1, 0.15) is 11.4 Å². The van der Waals surface area contributed by atoms with Crippen molar-refractivity contribution in [3.05, 3.63) is 89.3 Å². The smallest absolute Gasteiger partial charge is 0.268 e. The second kappa shape index (κ2) is 8.27. The largest absolute Gasteiger partial charge is 0.497 e. The van der Waals surface area contributed by atoms with Crippen LogP contribution in [0.5, 0.6) is 5.75 Å². The predicted molar refractivity (Wildman–Crippen MR) is 114 cm³/mol. The van der Waals surface area contributed by atoms with E-state index in [1.165, 1.54) is 5.56 Å². The molecule has 5 heteroatoms. The first-order valence-electron chi connectivity index (χ1n) is 9.67. The summed E-state index contributed by atoms with van der Waals surface area (Å²) in [6.45, 7) is 3.24. The lowest BCUT2D eigenvalue weighted by molar-refractivity contribution is 0.0945. The summed E-state index contributed by atoms with van der Waals surface area (Å²) in [5.74, 6) is 0.728. The van der Waals surface area contributed by atoms with Crippen LogP contribution in [-0.4, -0.2) is 24.1 Å². The molecule has 0 radical (unpaired) electrons. The summed E-state index contributed by atoms with van der Waals surface area (Å²) in [4.78, 5) is 12.9. The van der Waals surface area contributed by atoms with E-state index in [1.807, 2.05) is 41.0 Å². The molecule has 29 heavy (non-hydrogen) atoms. The Bertz CT molecular complexity index is 1110. The predicted octanol–water partition coefficient (Wildman–Crippen LogP) is 4.57. The molecule has 4 rings (SSSR count). The van der Waals surface area contributed by atoms with E-state index >= 15 is 0 Å². The van der Waals surface area contributed by atoms with E-state index < -0.39 is 0 Å². The highest BCUT2D eigenvalue weighted by atomic mass is 16.5. The Morgan fingerprint density at radius 1 is 1.03 bits per heavy atom. The number of ether oxygens (including phenoxy) is 1. The second-order valence-corrected chi connectivity index (χ2v) is 7.13. The molecule has 1 N–H and O–H groups in total. The van der Waals surface area contributed by atoms with Gasteiger partial charge in [0.05, 0.1) is 18.9 Å². The van der Waals surface area contributed by atoms with Crippen LogP contribution in [0.3, 0.4) is 0 Å². The molecule has 0 aliphatic rings. The zero-order valence-corrected chi connectivity index (χ0v) is 16.6. The average molecular weight is 388 g/mol. The molecular weight excluding hydrogens is 364 g/mol. The van der Waals surface area contributed by atoms with E-state index in [1.54, 1.807) is 13.4 Å². The molecule has 0 aliphatic heterocycles. The van der Waals surface area contributed by atoms with Crippen LogP contribution in [0.25, 0.3) is 11.1 Å². The zero-order chi connectivity index (χ0) is 20.2. The number of hydrogen-bond acceptors (Lipinski definition) is 3. The Labute approximate surface area is 169 Å². The topological polar surface area (TPSA) is 56.4 Å². The van der Waals surface area contributed by atoms with Crippen molar-refractivity contribution in [1.82, 2.24) is 9.88 Å². The number of aryl methyl sites for hydroxylation is 1. The lowest BCUT2D eigenvalue weighted by Gasteiger charge is -2.11. The van der Waals surface area contributed by atoms with E-state index in [9.17, 15) is 4.79 Å². The van der Waals surface area contributed by atoms with Crippen molar-refractivity contribution in [2.75, 3.05) is 13.7 Å². The Morgan fingerprint density at radius 3 is 2.48 bits per heavy atom. The van der Waals surface area contributed by atoms with Crippen LogP contribution in [0.15, 0.2) is 71.3 Å². The number of amides is 1. The maximum atomic E-state index is 12.9. The number of methoxy groups -OCH3 is 1. The second-order valence-electron chi connectivity index (χ2n) is 7.13. The third-order valence-corrected chi connectivity index (χ3v) is 5.07. The highest BCUT2D eigenvalue weighted by Crippen LogP contribution is 2.23. The van der Waals surface area contributed by atoms with Gasteiger partial charge in [-0.15, -0.1) is 0 Å². The number of carbonyl (C=O) groups is 1. The number of rotatable bonds is 7. The fourth-order valence-corrected chi connectivity index (χ4v) is 3.41. The minimum atomic E-state index is -0.1000. The SMILES string of the molecule is COc1ccc(CCNC(=O)c2cc3occc3n2Cc2ccc(C)cc2)cc1. The molecule has 4 aromatic rings. The van der Waals surface area contributed by atoms with Gasteiger partial charge in [-0.2, -0.15) is 0 Å². The first-order chi connectivity index (χ1) is 14.1. The first kappa shape index (κ1) is 18.9. The summed E-state index contributed by atoms with van der Waals surface area (Å²) in [7, 11) is 1.65. The molecule has 2 heterocycles. The third-order valence-electron chi connectivity index (χ3n) is 5.07. The maximum Gasteiger partial charge on any atom is 0.268 e. The molecule has 5 nitrogen and oxygen atoms in total. The molecule has 1 amide bonds. The van der Waals surface area contributed by atoms with Crippen LogP contribution in [-0.2, 0) is 13.0 Å². The summed E-state index contributed by atoms with van der Waals surface area (Å²) in [5.41, 5.74) is 5.75. The Morgan fingerprint density at radius 2 is 1.76 bits per heavy atom. The van der Waals surface area contributed by atoms with Gasteiger partial charge in [0.25, 0.3) is 5.91 Å². The summed E-state index contributed by atoms with van der Waals surface area (Å²) in [6, 6.07) is 19.9. The highest BCUT2D eigenvalue weighted by molar-refractivity contribution is 5.97.